The van der Waals surface area contributed by atoms with E-state index in [9.17, 15) is 4.39 Å². The summed E-state index contributed by atoms with van der Waals surface area (Å²) < 4.78 is 18.2. The molecule has 19 heavy (non-hydrogen) atoms. The molecule has 1 saturated heterocycles. The molecule has 2 unspecified atom stereocenters. The molecule has 0 saturated carbocycles. The van der Waals surface area contributed by atoms with E-state index in [4.69, 9.17) is 10.5 Å². The summed E-state index contributed by atoms with van der Waals surface area (Å²) >= 11 is 0. The molecule has 0 aromatic heterocycles. The van der Waals surface area contributed by atoms with Crippen molar-refractivity contribution < 1.29 is 9.13 Å². The number of nitrogens with two attached hydrogens (primary N) is 1. The molecular weight excluding hydrogens is 243 g/mol. The molecular formula is C15H23FN2O. The van der Waals surface area contributed by atoms with Crippen molar-refractivity contribution in [1.29, 1.82) is 0 Å². The van der Waals surface area contributed by atoms with Crippen molar-refractivity contribution in [3.05, 3.63) is 35.6 Å². The van der Waals surface area contributed by atoms with E-state index in [2.05, 4.69) is 4.90 Å². The number of halogens is 1. The van der Waals surface area contributed by atoms with Crippen LogP contribution in [0.3, 0.4) is 0 Å². The summed E-state index contributed by atoms with van der Waals surface area (Å²) in [6.07, 6.45) is 3.34. The fraction of sp³-hybridized carbons (Fsp3) is 0.600. The van der Waals surface area contributed by atoms with Gasteiger partial charge >= 0.3 is 0 Å². The van der Waals surface area contributed by atoms with E-state index in [1.54, 1.807) is 7.11 Å². The predicted octanol–water partition coefficient (Wildman–Crippen LogP) is 2.33. The number of hydrogen-bond acceptors (Lipinski definition) is 3. The number of benzene rings is 1. The maximum Gasteiger partial charge on any atom is 0.123 e. The molecule has 1 aromatic rings. The molecule has 2 rings (SSSR count). The van der Waals surface area contributed by atoms with Gasteiger partial charge in [0.25, 0.3) is 0 Å². The summed E-state index contributed by atoms with van der Waals surface area (Å²) in [7, 11) is 1.71. The number of methoxy groups -OCH3 is 1. The third-order valence-electron chi connectivity index (χ3n) is 3.83. The van der Waals surface area contributed by atoms with Crippen molar-refractivity contribution in [2.24, 2.45) is 5.73 Å². The highest BCUT2D eigenvalue weighted by Gasteiger charge is 2.28. The quantitative estimate of drug-likeness (QED) is 0.909. The van der Waals surface area contributed by atoms with Crippen LogP contribution in [-0.2, 0) is 4.74 Å². The molecule has 106 valence electrons. The molecule has 2 atom stereocenters. The van der Waals surface area contributed by atoms with Gasteiger partial charge in [-0.1, -0.05) is 18.6 Å². The predicted molar refractivity (Wildman–Crippen MR) is 74.4 cm³/mol. The van der Waals surface area contributed by atoms with Crippen LogP contribution in [0, 0.1) is 5.82 Å². The van der Waals surface area contributed by atoms with E-state index in [0.717, 1.165) is 37.9 Å². The summed E-state index contributed by atoms with van der Waals surface area (Å²) in [4.78, 5) is 2.37. The summed E-state index contributed by atoms with van der Waals surface area (Å²) in [6, 6.07) is 7.00. The number of nitrogens with zero attached hydrogens (tertiary/aromatic N) is 1. The van der Waals surface area contributed by atoms with Crippen LogP contribution in [0.2, 0.25) is 0 Å². The molecule has 0 spiro atoms. The molecule has 1 fully saturated rings. The first-order valence-electron chi connectivity index (χ1n) is 6.96. The average Bonchev–Trinajstić information content (AvgIpc) is 2.59. The van der Waals surface area contributed by atoms with E-state index in [-0.39, 0.29) is 17.9 Å². The van der Waals surface area contributed by atoms with E-state index >= 15 is 0 Å². The maximum absolute atomic E-state index is 13.1. The van der Waals surface area contributed by atoms with Gasteiger partial charge in [-0.3, -0.25) is 4.90 Å². The van der Waals surface area contributed by atoms with Gasteiger partial charge in [-0.25, -0.2) is 4.39 Å². The fourth-order valence-electron chi connectivity index (χ4n) is 2.84. The Morgan fingerprint density at radius 1 is 1.32 bits per heavy atom. The van der Waals surface area contributed by atoms with Crippen LogP contribution < -0.4 is 5.73 Å². The van der Waals surface area contributed by atoms with Gasteiger partial charge in [0.2, 0.25) is 0 Å². The van der Waals surface area contributed by atoms with Crippen LogP contribution in [0.15, 0.2) is 24.3 Å². The zero-order chi connectivity index (χ0) is 13.7. The molecule has 1 aliphatic heterocycles. The SMILES string of the molecule is COCCN1CCCCC(N)C1c1ccc(F)cc1. The highest BCUT2D eigenvalue weighted by molar-refractivity contribution is 5.22. The van der Waals surface area contributed by atoms with Crippen molar-refractivity contribution in [2.75, 3.05) is 26.8 Å². The Balaban J connectivity index is 2.20. The monoisotopic (exact) mass is 266 g/mol. The Hall–Kier alpha value is -0.970. The zero-order valence-corrected chi connectivity index (χ0v) is 11.5. The van der Waals surface area contributed by atoms with Crippen molar-refractivity contribution >= 4 is 0 Å². The Morgan fingerprint density at radius 3 is 2.74 bits per heavy atom. The van der Waals surface area contributed by atoms with Crippen molar-refractivity contribution in [3.8, 4) is 0 Å². The molecule has 1 heterocycles. The smallest absolute Gasteiger partial charge is 0.123 e. The lowest BCUT2D eigenvalue weighted by atomic mass is 9.96. The number of hydrogen-bond donors (Lipinski definition) is 1. The minimum absolute atomic E-state index is 0.102. The van der Waals surface area contributed by atoms with Crippen LogP contribution in [0.4, 0.5) is 4.39 Å². The second kappa shape index (κ2) is 6.98. The molecule has 2 N–H and O–H groups in total. The number of likely N-dealkylation sites (tertiary alicyclic amines) is 1. The normalized spacial score (nSPS) is 25.2. The highest BCUT2D eigenvalue weighted by Crippen LogP contribution is 2.29. The molecule has 0 bridgehead atoms. The second-order valence-corrected chi connectivity index (χ2v) is 5.18. The van der Waals surface area contributed by atoms with Gasteiger partial charge in [0.05, 0.1) is 6.61 Å². The van der Waals surface area contributed by atoms with E-state index in [0.29, 0.717) is 6.61 Å². The summed E-state index contributed by atoms with van der Waals surface area (Å²) in [5, 5.41) is 0. The number of ether oxygens (including phenoxy) is 1. The lowest BCUT2D eigenvalue weighted by molar-refractivity contribution is 0.115. The zero-order valence-electron chi connectivity index (χ0n) is 11.5. The molecule has 0 radical (unpaired) electrons. The molecule has 1 aliphatic rings. The lowest BCUT2D eigenvalue weighted by Crippen LogP contribution is -2.41. The van der Waals surface area contributed by atoms with E-state index in [1.807, 2.05) is 12.1 Å². The fourth-order valence-corrected chi connectivity index (χ4v) is 2.84. The van der Waals surface area contributed by atoms with Gasteiger partial charge in [-0.05, 0) is 37.1 Å². The molecule has 0 aliphatic carbocycles. The maximum atomic E-state index is 13.1. The van der Waals surface area contributed by atoms with Crippen molar-refractivity contribution in [3.63, 3.8) is 0 Å². The van der Waals surface area contributed by atoms with Gasteiger partial charge in [0.15, 0.2) is 0 Å². The van der Waals surface area contributed by atoms with Crippen LogP contribution in [0.5, 0.6) is 0 Å². The lowest BCUT2D eigenvalue weighted by Gasteiger charge is -2.33. The van der Waals surface area contributed by atoms with Gasteiger partial charge < -0.3 is 10.5 Å². The Kier molecular flexibility index (Phi) is 5.31. The van der Waals surface area contributed by atoms with E-state index in [1.165, 1.54) is 12.1 Å². The minimum Gasteiger partial charge on any atom is -0.383 e. The standard InChI is InChI=1S/C15H23FN2O/c1-19-11-10-18-9-3-2-4-14(17)15(18)12-5-7-13(16)8-6-12/h5-8,14-15H,2-4,9-11,17H2,1H3. The number of rotatable bonds is 4. The second-order valence-electron chi connectivity index (χ2n) is 5.18. The summed E-state index contributed by atoms with van der Waals surface area (Å²) in [5.41, 5.74) is 7.44. The Morgan fingerprint density at radius 2 is 2.05 bits per heavy atom. The van der Waals surface area contributed by atoms with Crippen LogP contribution in [0.1, 0.15) is 30.9 Å². The van der Waals surface area contributed by atoms with Gasteiger partial charge in [-0.2, -0.15) is 0 Å². The molecule has 0 amide bonds. The van der Waals surface area contributed by atoms with Crippen LogP contribution >= 0.6 is 0 Å². The van der Waals surface area contributed by atoms with Gasteiger partial charge in [0.1, 0.15) is 5.82 Å². The third kappa shape index (κ3) is 3.75. The van der Waals surface area contributed by atoms with E-state index < -0.39 is 0 Å². The van der Waals surface area contributed by atoms with Crippen molar-refractivity contribution in [1.82, 2.24) is 4.90 Å². The van der Waals surface area contributed by atoms with Crippen LogP contribution in [0.25, 0.3) is 0 Å². The summed E-state index contributed by atoms with van der Waals surface area (Å²) in [6.45, 7) is 2.59. The Bertz CT molecular complexity index is 382. The first-order chi connectivity index (χ1) is 9.22. The summed E-state index contributed by atoms with van der Waals surface area (Å²) in [5.74, 6) is -0.200. The highest BCUT2D eigenvalue weighted by atomic mass is 19.1. The Labute approximate surface area is 114 Å². The first-order valence-corrected chi connectivity index (χ1v) is 6.96. The largest absolute Gasteiger partial charge is 0.383 e. The van der Waals surface area contributed by atoms with Crippen LogP contribution in [-0.4, -0.2) is 37.7 Å². The average molecular weight is 266 g/mol. The first kappa shape index (κ1) is 14.4. The van der Waals surface area contributed by atoms with Gasteiger partial charge in [0, 0.05) is 25.7 Å². The molecule has 1 aromatic carbocycles. The van der Waals surface area contributed by atoms with Gasteiger partial charge in [-0.15, -0.1) is 0 Å². The third-order valence-corrected chi connectivity index (χ3v) is 3.83. The molecule has 3 nitrogen and oxygen atoms in total. The minimum atomic E-state index is -0.200. The van der Waals surface area contributed by atoms with Crippen molar-refractivity contribution in [2.45, 2.75) is 31.3 Å². The topological polar surface area (TPSA) is 38.5 Å². The molecule has 4 heteroatoms.